The number of thiophene rings is 1. The number of methoxy groups -OCH3 is 1. The van der Waals surface area contributed by atoms with Crippen molar-refractivity contribution < 1.29 is 4.74 Å². The second-order valence-corrected chi connectivity index (χ2v) is 7.00. The van der Waals surface area contributed by atoms with E-state index in [1.54, 1.807) is 18.4 Å². The summed E-state index contributed by atoms with van der Waals surface area (Å²) in [5, 5.41) is 0. The molecule has 2 aromatic rings. The van der Waals surface area contributed by atoms with Crippen LogP contribution in [0, 0.1) is 6.92 Å². The Bertz CT molecular complexity index is 516. The first kappa shape index (κ1) is 14.6. The third-order valence-corrected chi connectivity index (χ3v) is 5.41. The van der Waals surface area contributed by atoms with E-state index in [1.165, 1.54) is 19.8 Å². The molecule has 0 saturated heterocycles. The lowest BCUT2D eigenvalue weighted by atomic mass is 10.0. The first-order chi connectivity index (χ1) is 9.10. The van der Waals surface area contributed by atoms with Crippen molar-refractivity contribution in [2.75, 3.05) is 7.11 Å². The average molecular weight is 340 g/mol. The molecule has 0 bridgehead atoms. The molecule has 0 saturated carbocycles. The number of aryl methyl sites for hydroxylation is 2. The van der Waals surface area contributed by atoms with Gasteiger partial charge in [0.1, 0.15) is 5.75 Å². The van der Waals surface area contributed by atoms with Crippen LogP contribution in [0.25, 0.3) is 0 Å². The second kappa shape index (κ2) is 6.55. The fourth-order valence-electron chi connectivity index (χ4n) is 1.92. The quantitative estimate of drug-likeness (QED) is 0.872. The minimum absolute atomic E-state index is 0.108. The van der Waals surface area contributed by atoms with E-state index < -0.39 is 0 Å². The van der Waals surface area contributed by atoms with Crippen LogP contribution >= 0.6 is 27.3 Å². The van der Waals surface area contributed by atoms with Gasteiger partial charge in [-0.1, -0.05) is 12.1 Å². The van der Waals surface area contributed by atoms with Crippen LogP contribution in [0.2, 0.25) is 0 Å². The van der Waals surface area contributed by atoms with Crippen molar-refractivity contribution in [2.24, 2.45) is 5.73 Å². The standard InChI is InChI=1S/C15H18BrNOS/c1-10-9-14(19-15(10)16)13(17)8-5-11-3-6-12(18-2)7-4-11/h3-4,6-7,9,13H,5,8,17H2,1-2H3. The molecule has 1 atom stereocenters. The monoisotopic (exact) mass is 339 g/mol. The number of hydrogen-bond acceptors (Lipinski definition) is 3. The van der Waals surface area contributed by atoms with Crippen LogP contribution in [0.4, 0.5) is 0 Å². The topological polar surface area (TPSA) is 35.2 Å². The highest BCUT2D eigenvalue weighted by molar-refractivity contribution is 9.11. The summed E-state index contributed by atoms with van der Waals surface area (Å²) in [5.74, 6) is 0.894. The van der Waals surface area contributed by atoms with Gasteiger partial charge in [-0.3, -0.25) is 0 Å². The summed E-state index contributed by atoms with van der Waals surface area (Å²) in [4.78, 5) is 1.25. The minimum Gasteiger partial charge on any atom is -0.497 e. The third-order valence-electron chi connectivity index (χ3n) is 3.14. The molecule has 2 N–H and O–H groups in total. The summed E-state index contributed by atoms with van der Waals surface area (Å²) in [6.07, 6.45) is 1.94. The molecule has 0 radical (unpaired) electrons. The Morgan fingerprint density at radius 3 is 2.53 bits per heavy atom. The highest BCUT2D eigenvalue weighted by atomic mass is 79.9. The summed E-state index contributed by atoms with van der Waals surface area (Å²) in [6.45, 7) is 2.10. The Morgan fingerprint density at radius 2 is 2.00 bits per heavy atom. The van der Waals surface area contributed by atoms with Crippen LogP contribution in [0.15, 0.2) is 34.1 Å². The van der Waals surface area contributed by atoms with Crippen LogP contribution in [0.3, 0.4) is 0 Å². The maximum Gasteiger partial charge on any atom is 0.118 e. The molecule has 102 valence electrons. The van der Waals surface area contributed by atoms with Crippen LogP contribution in [0.5, 0.6) is 5.75 Å². The normalized spacial score (nSPS) is 12.4. The molecule has 0 spiro atoms. The van der Waals surface area contributed by atoms with Gasteiger partial charge in [-0.25, -0.2) is 0 Å². The number of ether oxygens (including phenoxy) is 1. The lowest BCUT2D eigenvalue weighted by Gasteiger charge is -2.09. The van der Waals surface area contributed by atoms with Crippen molar-refractivity contribution in [2.45, 2.75) is 25.8 Å². The first-order valence-electron chi connectivity index (χ1n) is 6.24. The lowest BCUT2D eigenvalue weighted by molar-refractivity contribution is 0.414. The Balaban J connectivity index is 1.94. The fraction of sp³-hybridized carbons (Fsp3) is 0.333. The Kier molecular flexibility index (Phi) is 5.02. The van der Waals surface area contributed by atoms with E-state index in [2.05, 4.69) is 41.1 Å². The minimum atomic E-state index is 0.108. The molecule has 0 aliphatic heterocycles. The average Bonchev–Trinajstić information content (AvgIpc) is 2.77. The van der Waals surface area contributed by atoms with Crippen molar-refractivity contribution in [3.8, 4) is 5.75 Å². The molecule has 1 unspecified atom stereocenters. The summed E-state index contributed by atoms with van der Waals surface area (Å²) in [5.41, 5.74) is 8.80. The molecular formula is C15H18BrNOS. The Labute approximate surface area is 126 Å². The number of nitrogens with two attached hydrogens (primary N) is 1. The molecular weight excluding hydrogens is 322 g/mol. The zero-order valence-corrected chi connectivity index (χ0v) is 13.6. The molecule has 0 aliphatic carbocycles. The summed E-state index contributed by atoms with van der Waals surface area (Å²) in [6, 6.07) is 10.5. The van der Waals surface area contributed by atoms with E-state index in [0.29, 0.717) is 0 Å². The summed E-state index contributed by atoms with van der Waals surface area (Å²) in [7, 11) is 1.68. The van der Waals surface area contributed by atoms with Gasteiger partial charge in [-0.2, -0.15) is 0 Å². The third kappa shape index (κ3) is 3.81. The summed E-state index contributed by atoms with van der Waals surface area (Å²) >= 11 is 5.28. The fourth-order valence-corrected chi connectivity index (χ4v) is 3.53. The zero-order valence-electron chi connectivity index (χ0n) is 11.2. The van der Waals surface area contributed by atoms with Crippen molar-refractivity contribution in [1.29, 1.82) is 0 Å². The van der Waals surface area contributed by atoms with E-state index in [0.717, 1.165) is 18.6 Å². The van der Waals surface area contributed by atoms with Crippen molar-refractivity contribution in [1.82, 2.24) is 0 Å². The molecule has 2 rings (SSSR count). The van der Waals surface area contributed by atoms with Gasteiger partial charge in [0.25, 0.3) is 0 Å². The molecule has 19 heavy (non-hydrogen) atoms. The van der Waals surface area contributed by atoms with Crippen molar-refractivity contribution in [3.63, 3.8) is 0 Å². The highest BCUT2D eigenvalue weighted by Gasteiger charge is 2.11. The second-order valence-electron chi connectivity index (χ2n) is 4.60. The summed E-state index contributed by atoms with van der Waals surface area (Å²) < 4.78 is 6.33. The van der Waals surface area contributed by atoms with Crippen LogP contribution < -0.4 is 10.5 Å². The van der Waals surface area contributed by atoms with Gasteiger partial charge in [0.15, 0.2) is 0 Å². The van der Waals surface area contributed by atoms with Gasteiger partial charge in [-0.15, -0.1) is 11.3 Å². The van der Waals surface area contributed by atoms with Crippen LogP contribution in [0.1, 0.15) is 28.5 Å². The first-order valence-corrected chi connectivity index (χ1v) is 7.85. The zero-order chi connectivity index (χ0) is 13.8. The number of benzene rings is 1. The van der Waals surface area contributed by atoms with E-state index >= 15 is 0 Å². The SMILES string of the molecule is COc1ccc(CCC(N)c2cc(C)c(Br)s2)cc1. The molecule has 1 heterocycles. The Hall–Kier alpha value is -0.840. The van der Waals surface area contributed by atoms with Gasteiger partial charge < -0.3 is 10.5 Å². The molecule has 2 nitrogen and oxygen atoms in total. The van der Waals surface area contributed by atoms with E-state index in [-0.39, 0.29) is 6.04 Å². The molecule has 1 aromatic carbocycles. The number of halogens is 1. The van der Waals surface area contributed by atoms with Crippen LogP contribution in [-0.4, -0.2) is 7.11 Å². The van der Waals surface area contributed by atoms with Crippen molar-refractivity contribution in [3.05, 3.63) is 50.1 Å². The largest absolute Gasteiger partial charge is 0.497 e. The molecule has 0 aliphatic rings. The van der Waals surface area contributed by atoms with Crippen molar-refractivity contribution >= 4 is 27.3 Å². The highest BCUT2D eigenvalue weighted by Crippen LogP contribution is 2.32. The number of rotatable bonds is 5. The maximum atomic E-state index is 6.25. The molecule has 4 heteroatoms. The molecule has 0 fully saturated rings. The van der Waals surface area contributed by atoms with E-state index in [1.807, 2.05) is 12.1 Å². The predicted octanol–water partition coefficient (Wildman–Crippen LogP) is 4.46. The maximum absolute atomic E-state index is 6.25. The van der Waals surface area contributed by atoms with Gasteiger partial charge in [0.2, 0.25) is 0 Å². The smallest absolute Gasteiger partial charge is 0.118 e. The molecule has 0 amide bonds. The van der Waals surface area contributed by atoms with Crippen LogP contribution in [-0.2, 0) is 6.42 Å². The van der Waals surface area contributed by atoms with Gasteiger partial charge in [0.05, 0.1) is 10.9 Å². The Morgan fingerprint density at radius 1 is 1.32 bits per heavy atom. The van der Waals surface area contributed by atoms with Gasteiger partial charge >= 0.3 is 0 Å². The number of hydrogen-bond donors (Lipinski definition) is 1. The predicted molar refractivity (Wildman–Crippen MR) is 85.0 cm³/mol. The van der Waals surface area contributed by atoms with E-state index in [4.69, 9.17) is 10.5 Å². The lowest BCUT2D eigenvalue weighted by Crippen LogP contribution is -2.09. The van der Waals surface area contributed by atoms with Gasteiger partial charge in [0, 0.05) is 10.9 Å². The van der Waals surface area contributed by atoms with E-state index in [9.17, 15) is 0 Å². The van der Waals surface area contributed by atoms with Gasteiger partial charge in [-0.05, 0) is 65.0 Å². The molecule has 1 aromatic heterocycles.